The normalized spacial score (nSPS) is 14.0. The van der Waals surface area contributed by atoms with Crippen LogP contribution in [-0.4, -0.2) is 74.9 Å². The van der Waals surface area contributed by atoms with Gasteiger partial charge in [0.25, 0.3) is 0 Å². The van der Waals surface area contributed by atoms with Crippen LogP contribution in [0.2, 0.25) is 0 Å². The van der Waals surface area contributed by atoms with Gasteiger partial charge in [0.15, 0.2) is 6.10 Å². The molecule has 0 heterocycles. The summed E-state index contributed by atoms with van der Waals surface area (Å²) in [5.74, 6) is -0.813. The van der Waals surface area contributed by atoms with Crippen molar-refractivity contribution in [2.45, 2.75) is 232 Å². The van der Waals surface area contributed by atoms with E-state index in [0.29, 0.717) is 17.4 Å². The van der Waals surface area contributed by atoms with Gasteiger partial charge in [-0.25, -0.2) is 4.57 Å². The molecular formula is C59H105NO8P+. The molecule has 0 aliphatic carbocycles. The largest absolute Gasteiger partial charge is 0.472 e. The first-order valence-electron chi connectivity index (χ1n) is 27.8. The van der Waals surface area contributed by atoms with E-state index in [-0.39, 0.29) is 32.0 Å². The molecular weight excluding hydrogens is 882 g/mol. The molecule has 0 rings (SSSR count). The fourth-order valence-electron chi connectivity index (χ4n) is 7.37. The lowest BCUT2D eigenvalue weighted by Crippen LogP contribution is -2.37. The second-order valence-corrected chi connectivity index (χ2v) is 21.0. The molecule has 9 nitrogen and oxygen atoms in total. The lowest BCUT2D eigenvalue weighted by Gasteiger charge is -2.24. The lowest BCUT2D eigenvalue weighted by atomic mass is 10.1. The van der Waals surface area contributed by atoms with Crippen molar-refractivity contribution in [2.75, 3.05) is 47.5 Å². The van der Waals surface area contributed by atoms with Crippen molar-refractivity contribution >= 4 is 19.8 Å². The predicted octanol–water partition coefficient (Wildman–Crippen LogP) is 17.1. The summed E-state index contributed by atoms with van der Waals surface area (Å²) in [6.45, 7) is 4.30. The SMILES string of the molecule is CC/C=C\C/C=C\C/C=C\C/C=C\C/C=C\C/C=C\CCCCCCCCCCC(=O)OC(COC(=O)CCCCCCCCC/C=C\CCCCCCCCC)COP(=O)(O)OCC[N+](C)(C)C. The van der Waals surface area contributed by atoms with Crippen LogP contribution in [0.3, 0.4) is 0 Å². The standard InChI is InChI=1S/C59H104NO8P/c1-6-8-10-12-14-16-18-20-22-24-26-27-28-29-30-31-32-33-34-36-38-40-42-44-46-48-50-52-59(62)68-57(56-67-69(63,64)66-54-53-60(3,4)5)55-65-58(61)51-49-47-45-43-41-39-37-35-25-23-21-19-17-15-13-11-9-7-2/h8,10,14,16,20,22-23,25-27,29-30,32-33,57H,6-7,9,11-13,15,17-19,21,24,28,31,34-56H2,1-5H3/p+1/b10-8-,16-14-,22-20-,25-23-,27-26-,30-29-,33-32-. The number of phosphoric ester groups is 1. The van der Waals surface area contributed by atoms with E-state index in [1.807, 2.05) is 21.1 Å². The Morgan fingerprint density at radius 1 is 0.464 bits per heavy atom. The van der Waals surface area contributed by atoms with Crippen LogP contribution in [0.25, 0.3) is 0 Å². The highest BCUT2D eigenvalue weighted by molar-refractivity contribution is 7.47. The molecule has 0 spiro atoms. The number of carbonyl (C=O) groups excluding carboxylic acids is 2. The molecule has 0 aliphatic rings. The van der Waals surface area contributed by atoms with Crippen LogP contribution in [0.15, 0.2) is 85.1 Å². The molecule has 0 aromatic rings. The topological polar surface area (TPSA) is 108 Å². The van der Waals surface area contributed by atoms with Crippen molar-refractivity contribution < 1.29 is 42.1 Å². The number of allylic oxidation sites excluding steroid dienone is 14. The monoisotopic (exact) mass is 987 g/mol. The third-order valence-electron chi connectivity index (χ3n) is 11.7. The third-order valence-corrected chi connectivity index (χ3v) is 12.6. The fraction of sp³-hybridized carbons (Fsp3) is 0.729. The van der Waals surface area contributed by atoms with Gasteiger partial charge in [-0.1, -0.05) is 208 Å². The number of hydrogen-bond acceptors (Lipinski definition) is 7. The van der Waals surface area contributed by atoms with Crippen LogP contribution in [0.1, 0.15) is 226 Å². The quantitative estimate of drug-likeness (QED) is 0.0211. The zero-order valence-corrected chi connectivity index (χ0v) is 45.9. The first-order valence-corrected chi connectivity index (χ1v) is 29.3. The maximum absolute atomic E-state index is 12.8. The number of carbonyl (C=O) groups is 2. The Morgan fingerprint density at radius 3 is 1.25 bits per heavy atom. The van der Waals surface area contributed by atoms with Gasteiger partial charge in [0.2, 0.25) is 0 Å². The van der Waals surface area contributed by atoms with Crippen molar-refractivity contribution in [1.82, 2.24) is 0 Å². The summed E-state index contributed by atoms with van der Waals surface area (Å²) in [6.07, 6.45) is 66.4. The highest BCUT2D eigenvalue weighted by Gasteiger charge is 2.27. The Hall–Kier alpha value is -2.81. The van der Waals surface area contributed by atoms with Gasteiger partial charge in [-0.15, -0.1) is 0 Å². The number of likely N-dealkylation sites (N-methyl/N-ethyl adjacent to an activating group) is 1. The molecule has 2 unspecified atom stereocenters. The van der Waals surface area contributed by atoms with Gasteiger partial charge in [-0.3, -0.25) is 18.6 Å². The molecule has 0 saturated heterocycles. The van der Waals surface area contributed by atoms with Crippen molar-refractivity contribution in [2.24, 2.45) is 0 Å². The van der Waals surface area contributed by atoms with Crippen LogP contribution < -0.4 is 0 Å². The summed E-state index contributed by atoms with van der Waals surface area (Å²) in [4.78, 5) is 35.6. The van der Waals surface area contributed by atoms with Crippen molar-refractivity contribution in [3.05, 3.63) is 85.1 Å². The van der Waals surface area contributed by atoms with Crippen molar-refractivity contribution in [3.8, 4) is 0 Å². The third kappa shape index (κ3) is 54.4. The number of rotatable bonds is 50. The van der Waals surface area contributed by atoms with Crippen molar-refractivity contribution in [3.63, 3.8) is 0 Å². The second-order valence-electron chi connectivity index (χ2n) is 19.6. The summed E-state index contributed by atoms with van der Waals surface area (Å²) in [5, 5.41) is 0. The van der Waals surface area contributed by atoms with Gasteiger partial charge in [-0.2, -0.15) is 0 Å². The van der Waals surface area contributed by atoms with Crippen molar-refractivity contribution in [1.29, 1.82) is 0 Å². The maximum Gasteiger partial charge on any atom is 0.472 e. The fourth-order valence-corrected chi connectivity index (χ4v) is 8.11. The van der Waals surface area contributed by atoms with Crippen LogP contribution in [0.4, 0.5) is 0 Å². The van der Waals surface area contributed by atoms with E-state index in [0.717, 1.165) is 96.3 Å². The molecule has 0 aromatic heterocycles. The number of unbranched alkanes of at least 4 members (excludes halogenated alkanes) is 22. The molecule has 398 valence electrons. The van der Waals surface area contributed by atoms with E-state index in [1.165, 1.54) is 96.3 Å². The molecule has 0 radical (unpaired) electrons. The number of ether oxygens (including phenoxy) is 2. The van der Waals surface area contributed by atoms with Gasteiger partial charge >= 0.3 is 19.8 Å². The Balaban J connectivity index is 4.24. The van der Waals surface area contributed by atoms with Crippen LogP contribution >= 0.6 is 7.82 Å². The number of nitrogens with zero attached hydrogens (tertiary/aromatic N) is 1. The highest BCUT2D eigenvalue weighted by Crippen LogP contribution is 2.43. The van der Waals surface area contributed by atoms with Crippen LogP contribution in [-0.2, 0) is 32.7 Å². The molecule has 0 saturated carbocycles. The minimum absolute atomic E-state index is 0.0256. The zero-order valence-electron chi connectivity index (χ0n) is 45.0. The molecule has 0 bridgehead atoms. The predicted molar refractivity (Wildman–Crippen MR) is 293 cm³/mol. The molecule has 0 aromatic carbocycles. The molecule has 0 amide bonds. The van der Waals surface area contributed by atoms with E-state index in [9.17, 15) is 19.0 Å². The molecule has 0 fully saturated rings. The Labute approximate surface area is 424 Å². The van der Waals surface area contributed by atoms with Gasteiger partial charge in [-0.05, 0) is 89.9 Å². The van der Waals surface area contributed by atoms with E-state index in [4.69, 9.17) is 18.5 Å². The molecule has 10 heteroatoms. The van der Waals surface area contributed by atoms with Gasteiger partial charge in [0.1, 0.15) is 19.8 Å². The summed E-state index contributed by atoms with van der Waals surface area (Å²) in [7, 11) is 1.46. The summed E-state index contributed by atoms with van der Waals surface area (Å²) in [5.41, 5.74) is 0. The summed E-state index contributed by atoms with van der Waals surface area (Å²) >= 11 is 0. The Bertz CT molecular complexity index is 1440. The zero-order chi connectivity index (χ0) is 50.6. The molecule has 69 heavy (non-hydrogen) atoms. The van der Waals surface area contributed by atoms with E-state index in [1.54, 1.807) is 0 Å². The van der Waals surface area contributed by atoms with E-state index >= 15 is 0 Å². The van der Waals surface area contributed by atoms with Crippen LogP contribution in [0.5, 0.6) is 0 Å². The summed E-state index contributed by atoms with van der Waals surface area (Å²) < 4.78 is 34.5. The van der Waals surface area contributed by atoms with Gasteiger partial charge in [0, 0.05) is 12.8 Å². The highest BCUT2D eigenvalue weighted by atomic mass is 31.2. The van der Waals surface area contributed by atoms with Gasteiger partial charge < -0.3 is 18.9 Å². The second kappa shape index (κ2) is 50.1. The first-order chi connectivity index (χ1) is 33.5. The number of esters is 2. The molecule has 2 atom stereocenters. The Kier molecular flexibility index (Phi) is 48.1. The van der Waals surface area contributed by atoms with Crippen LogP contribution in [0, 0.1) is 0 Å². The molecule has 1 N–H and O–H groups in total. The average Bonchev–Trinajstić information content (AvgIpc) is 3.31. The van der Waals surface area contributed by atoms with Gasteiger partial charge in [0.05, 0.1) is 27.7 Å². The smallest absolute Gasteiger partial charge is 0.462 e. The number of hydrogen-bond donors (Lipinski definition) is 1. The lowest BCUT2D eigenvalue weighted by molar-refractivity contribution is -0.870. The summed E-state index contributed by atoms with van der Waals surface area (Å²) in [6, 6.07) is 0. The minimum atomic E-state index is -4.39. The Morgan fingerprint density at radius 2 is 0.826 bits per heavy atom. The van der Waals surface area contributed by atoms with E-state index < -0.39 is 26.5 Å². The number of phosphoric acid groups is 1. The minimum Gasteiger partial charge on any atom is -0.462 e. The maximum atomic E-state index is 12.8. The average molecular weight is 987 g/mol. The number of quaternary nitrogens is 1. The molecule has 0 aliphatic heterocycles. The first kappa shape index (κ1) is 66.2. The van der Waals surface area contributed by atoms with E-state index in [2.05, 4.69) is 98.9 Å².